The van der Waals surface area contributed by atoms with E-state index in [1.54, 1.807) is 0 Å². The minimum Gasteiger partial charge on any atom is -0.0889 e. The minimum atomic E-state index is 1.43. The molecule has 0 fully saturated rings. The van der Waals surface area contributed by atoms with Crippen LogP contribution >= 0.6 is 11.8 Å². The van der Waals surface area contributed by atoms with E-state index in [4.69, 9.17) is 0 Å². The standard InChI is InChI=1S/C34H42S/c1-15-17(3)21(7)31-27(13)33(25(11)23(9)29(31)19(15)5)35-34-26(12)24(10)30-20(6)16(2)18(4)22(8)32(30)28(34)14/h1-14H3. The van der Waals surface area contributed by atoms with Gasteiger partial charge in [-0.25, -0.2) is 0 Å². The molecule has 0 N–H and O–H groups in total. The molecule has 0 aliphatic carbocycles. The average molecular weight is 483 g/mol. The van der Waals surface area contributed by atoms with E-state index in [0.29, 0.717) is 0 Å². The fourth-order valence-corrected chi connectivity index (χ4v) is 7.74. The van der Waals surface area contributed by atoms with Crippen molar-refractivity contribution in [3.63, 3.8) is 0 Å². The first kappa shape index (κ1) is 25.8. The van der Waals surface area contributed by atoms with Gasteiger partial charge in [-0.2, -0.15) is 0 Å². The molecule has 0 unspecified atom stereocenters. The maximum absolute atomic E-state index is 2.35. The van der Waals surface area contributed by atoms with E-state index in [1.807, 2.05) is 11.8 Å². The Kier molecular flexibility index (Phi) is 6.42. The molecule has 0 nitrogen and oxygen atoms in total. The van der Waals surface area contributed by atoms with Gasteiger partial charge in [-0.1, -0.05) is 11.8 Å². The summed E-state index contributed by atoms with van der Waals surface area (Å²) >= 11 is 2.00. The molecular formula is C34H42S. The fraction of sp³-hybridized carbons (Fsp3) is 0.412. The highest BCUT2D eigenvalue weighted by Gasteiger charge is 2.23. The highest BCUT2D eigenvalue weighted by Crippen LogP contribution is 2.47. The molecule has 0 aliphatic heterocycles. The number of rotatable bonds is 2. The van der Waals surface area contributed by atoms with Crippen molar-refractivity contribution in [1.82, 2.24) is 0 Å². The van der Waals surface area contributed by atoms with E-state index in [1.165, 1.54) is 109 Å². The topological polar surface area (TPSA) is 0 Å². The summed E-state index contributed by atoms with van der Waals surface area (Å²) in [6, 6.07) is 0. The molecule has 0 atom stereocenters. The van der Waals surface area contributed by atoms with Crippen LogP contribution in [0.5, 0.6) is 0 Å². The predicted octanol–water partition coefficient (Wildman–Crippen LogP) is 10.5. The second-order valence-electron chi connectivity index (χ2n) is 11.0. The zero-order valence-corrected chi connectivity index (χ0v) is 25.2. The first-order chi connectivity index (χ1) is 16.2. The lowest BCUT2D eigenvalue weighted by Gasteiger charge is -2.25. The van der Waals surface area contributed by atoms with Crippen molar-refractivity contribution < 1.29 is 0 Å². The Labute approximate surface area is 217 Å². The largest absolute Gasteiger partial charge is 0.0889 e. The molecule has 0 radical (unpaired) electrons. The molecule has 0 aromatic heterocycles. The van der Waals surface area contributed by atoms with E-state index in [2.05, 4.69) is 96.9 Å². The van der Waals surface area contributed by atoms with Crippen molar-refractivity contribution in [2.75, 3.05) is 0 Å². The molecule has 4 aromatic rings. The summed E-state index contributed by atoms with van der Waals surface area (Å²) in [6.45, 7) is 32.4. The summed E-state index contributed by atoms with van der Waals surface area (Å²) in [6.07, 6.45) is 0. The number of hydrogen-bond donors (Lipinski definition) is 0. The monoisotopic (exact) mass is 482 g/mol. The van der Waals surface area contributed by atoms with Crippen LogP contribution in [0, 0.1) is 96.9 Å². The van der Waals surface area contributed by atoms with Crippen LogP contribution in [-0.2, 0) is 0 Å². The Morgan fingerprint density at radius 2 is 0.429 bits per heavy atom. The van der Waals surface area contributed by atoms with Crippen molar-refractivity contribution in [2.45, 2.75) is 107 Å². The number of hydrogen-bond acceptors (Lipinski definition) is 1. The van der Waals surface area contributed by atoms with Crippen LogP contribution in [0.2, 0.25) is 0 Å². The third kappa shape index (κ3) is 3.49. The third-order valence-electron chi connectivity index (χ3n) is 9.57. The van der Waals surface area contributed by atoms with Crippen LogP contribution in [0.25, 0.3) is 21.5 Å². The number of fused-ring (bicyclic) bond motifs is 2. The van der Waals surface area contributed by atoms with Gasteiger partial charge < -0.3 is 0 Å². The van der Waals surface area contributed by atoms with Gasteiger partial charge in [0.25, 0.3) is 0 Å². The second kappa shape index (κ2) is 8.70. The molecule has 4 rings (SSSR count). The summed E-state index contributed by atoms with van der Waals surface area (Å²) < 4.78 is 0. The van der Waals surface area contributed by atoms with Crippen LogP contribution in [0.1, 0.15) is 77.9 Å². The fourth-order valence-electron chi connectivity index (χ4n) is 6.41. The Bertz CT molecular complexity index is 1460. The SMILES string of the molecule is Cc1c(C)c(C)c2c(C)c(Sc3c(C)c(C)c4c(C)c(C)c(C)c(C)c4c3C)c(C)c(C)c2c1C. The summed E-state index contributed by atoms with van der Waals surface area (Å²) in [5.41, 5.74) is 20.1. The van der Waals surface area contributed by atoms with Gasteiger partial charge >= 0.3 is 0 Å². The summed E-state index contributed by atoms with van der Waals surface area (Å²) in [5, 5.41) is 5.85. The van der Waals surface area contributed by atoms with Gasteiger partial charge in [0.1, 0.15) is 0 Å². The normalized spacial score (nSPS) is 11.8. The van der Waals surface area contributed by atoms with Crippen LogP contribution in [0.4, 0.5) is 0 Å². The van der Waals surface area contributed by atoms with E-state index in [9.17, 15) is 0 Å². The zero-order valence-electron chi connectivity index (χ0n) is 24.4. The maximum atomic E-state index is 2.35. The van der Waals surface area contributed by atoms with Crippen molar-refractivity contribution in [2.24, 2.45) is 0 Å². The lowest BCUT2D eigenvalue weighted by atomic mass is 9.85. The molecule has 0 aliphatic rings. The molecule has 0 spiro atoms. The van der Waals surface area contributed by atoms with Gasteiger partial charge in [0, 0.05) is 9.79 Å². The van der Waals surface area contributed by atoms with Crippen molar-refractivity contribution in [1.29, 1.82) is 0 Å². The molecule has 0 amide bonds. The molecular weight excluding hydrogens is 440 g/mol. The first-order valence-corrected chi connectivity index (χ1v) is 13.7. The molecule has 1 heteroatoms. The van der Waals surface area contributed by atoms with Gasteiger partial charge in [0.15, 0.2) is 0 Å². The summed E-state index contributed by atoms with van der Waals surface area (Å²) in [5.74, 6) is 0. The molecule has 35 heavy (non-hydrogen) atoms. The van der Waals surface area contributed by atoms with Crippen LogP contribution in [0.15, 0.2) is 9.79 Å². The minimum absolute atomic E-state index is 1.43. The van der Waals surface area contributed by atoms with Crippen LogP contribution < -0.4 is 0 Å². The van der Waals surface area contributed by atoms with E-state index in [0.717, 1.165) is 0 Å². The maximum Gasteiger partial charge on any atom is 0.0190 e. The average Bonchev–Trinajstić information content (AvgIpc) is 2.82. The summed E-state index contributed by atoms with van der Waals surface area (Å²) in [4.78, 5) is 2.87. The third-order valence-corrected chi connectivity index (χ3v) is 11.2. The molecule has 0 heterocycles. The van der Waals surface area contributed by atoms with Gasteiger partial charge in [-0.15, -0.1) is 0 Å². The predicted molar refractivity (Wildman–Crippen MR) is 158 cm³/mol. The van der Waals surface area contributed by atoms with Crippen LogP contribution in [-0.4, -0.2) is 0 Å². The van der Waals surface area contributed by atoms with Gasteiger partial charge in [0.2, 0.25) is 0 Å². The van der Waals surface area contributed by atoms with Gasteiger partial charge in [-0.3, -0.25) is 0 Å². The Morgan fingerprint density at radius 1 is 0.229 bits per heavy atom. The molecule has 0 bridgehead atoms. The summed E-state index contributed by atoms with van der Waals surface area (Å²) in [7, 11) is 0. The van der Waals surface area contributed by atoms with Crippen molar-refractivity contribution in [3.8, 4) is 0 Å². The van der Waals surface area contributed by atoms with E-state index < -0.39 is 0 Å². The Balaban J connectivity index is 2.10. The lowest BCUT2D eigenvalue weighted by molar-refractivity contribution is 1.15. The second-order valence-corrected chi connectivity index (χ2v) is 12.0. The first-order valence-electron chi connectivity index (χ1n) is 12.9. The van der Waals surface area contributed by atoms with Gasteiger partial charge in [0.05, 0.1) is 0 Å². The number of aryl methyl sites for hydroxylation is 8. The Hall–Kier alpha value is -2.25. The van der Waals surface area contributed by atoms with Crippen LogP contribution in [0.3, 0.4) is 0 Å². The van der Waals surface area contributed by atoms with Gasteiger partial charge in [-0.05, 0) is 196 Å². The van der Waals surface area contributed by atoms with E-state index in [-0.39, 0.29) is 0 Å². The molecule has 4 aromatic carbocycles. The van der Waals surface area contributed by atoms with Crippen molar-refractivity contribution in [3.05, 3.63) is 77.9 Å². The van der Waals surface area contributed by atoms with E-state index >= 15 is 0 Å². The van der Waals surface area contributed by atoms with Crippen molar-refractivity contribution >= 4 is 33.3 Å². The molecule has 184 valence electrons. The quantitative estimate of drug-likeness (QED) is 0.274. The highest BCUT2D eigenvalue weighted by atomic mass is 32.2. The highest BCUT2D eigenvalue weighted by molar-refractivity contribution is 7.99. The molecule has 0 saturated heterocycles. The lowest BCUT2D eigenvalue weighted by Crippen LogP contribution is -2.03. The Morgan fingerprint density at radius 3 is 0.686 bits per heavy atom. The zero-order chi connectivity index (χ0) is 26.3. The number of benzene rings is 4. The molecule has 0 saturated carbocycles. The smallest absolute Gasteiger partial charge is 0.0190 e.